The van der Waals surface area contributed by atoms with E-state index in [2.05, 4.69) is 34.8 Å². The lowest BCUT2D eigenvalue weighted by molar-refractivity contribution is 0.394. The topological polar surface area (TPSA) is 55.7 Å². The second kappa shape index (κ2) is 9.24. The van der Waals surface area contributed by atoms with Crippen molar-refractivity contribution >= 4 is 22.7 Å². The zero-order valence-electron chi connectivity index (χ0n) is 16.7. The first-order valence-electron chi connectivity index (χ1n) is 9.41. The molecule has 150 valence electrons. The first kappa shape index (κ1) is 19.7. The van der Waals surface area contributed by atoms with E-state index in [9.17, 15) is 0 Å². The number of ether oxygens (including phenoxy) is 2. The Morgan fingerprint density at radius 2 is 1.57 bits per heavy atom. The number of hydrogen-bond donors (Lipinski definition) is 1. The van der Waals surface area contributed by atoms with Crippen LogP contribution in [0, 0.1) is 0 Å². The Morgan fingerprint density at radius 1 is 0.867 bits per heavy atom. The number of hydrogen-bond acceptors (Lipinski definition) is 6. The summed E-state index contributed by atoms with van der Waals surface area (Å²) in [6, 6.07) is 26.0. The van der Waals surface area contributed by atoms with Gasteiger partial charge < -0.3 is 9.47 Å². The van der Waals surface area contributed by atoms with Gasteiger partial charge in [-0.1, -0.05) is 72.0 Å². The molecule has 0 aliphatic rings. The van der Waals surface area contributed by atoms with E-state index in [0.717, 1.165) is 38.1 Å². The second-order valence-electron chi connectivity index (χ2n) is 6.41. The molecular weight excluding hydrogens is 394 g/mol. The summed E-state index contributed by atoms with van der Waals surface area (Å²) in [5.74, 6) is 1.42. The molecule has 0 saturated heterocycles. The summed E-state index contributed by atoms with van der Waals surface area (Å²) < 4.78 is 10.7. The maximum atomic E-state index is 5.42. The minimum atomic E-state index is 0.689. The van der Waals surface area contributed by atoms with E-state index in [1.165, 1.54) is 0 Å². The molecule has 1 N–H and O–H groups in total. The molecule has 0 aliphatic carbocycles. The summed E-state index contributed by atoms with van der Waals surface area (Å²) in [6.07, 6.45) is 1.71. The molecule has 30 heavy (non-hydrogen) atoms. The standard InChI is InChI=1S/C24H21N3O2S/c1-28-20-14-13-19(21(15-20)29-2)16-25-27-24-26-22(17-9-5-3-6-10-17)23(30-24)18-11-7-4-8-12-18/h3-16H,1-2H3,(H,26,27)/b25-16-. The van der Waals surface area contributed by atoms with Crippen molar-refractivity contribution in [2.75, 3.05) is 19.6 Å². The zero-order chi connectivity index (χ0) is 20.8. The molecular formula is C24H21N3O2S. The summed E-state index contributed by atoms with van der Waals surface area (Å²) in [6.45, 7) is 0. The lowest BCUT2D eigenvalue weighted by Gasteiger charge is -2.06. The van der Waals surface area contributed by atoms with Gasteiger partial charge in [0.25, 0.3) is 0 Å². The highest BCUT2D eigenvalue weighted by Gasteiger charge is 2.14. The molecule has 4 rings (SSSR count). The van der Waals surface area contributed by atoms with Crippen LogP contribution in [0.4, 0.5) is 5.13 Å². The van der Waals surface area contributed by atoms with E-state index in [4.69, 9.17) is 14.5 Å². The Bertz CT molecular complexity index is 1080. The van der Waals surface area contributed by atoms with E-state index in [1.807, 2.05) is 54.6 Å². The van der Waals surface area contributed by atoms with Gasteiger partial charge in [-0.05, 0) is 17.7 Å². The summed E-state index contributed by atoms with van der Waals surface area (Å²) in [5, 5.41) is 5.09. The van der Waals surface area contributed by atoms with Crippen molar-refractivity contribution in [1.29, 1.82) is 0 Å². The number of anilines is 1. The Balaban J connectivity index is 1.63. The van der Waals surface area contributed by atoms with E-state index < -0.39 is 0 Å². The molecule has 0 amide bonds. The van der Waals surface area contributed by atoms with Crippen LogP contribution in [0.2, 0.25) is 0 Å². The van der Waals surface area contributed by atoms with Crippen LogP contribution < -0.4 is 14.9 Å². The van der Waals surface area contributed by atoms with Crippen LogP contribution in [-0.4, -0.2) is 25.4 Å². The van der Waals surface area contributed by atoms with Crippen LogP contribution in [0.1, 0.15) is 5.56 Å². The van der Waals surface area contributed by atoms with Gasteiger partial charge in [0.15, 0.2) is 0 Å². The molecule has 1 heterocycles. The molecule has 0 radical (unpaired) electrons. The zero-order valence-corrected chi connectivity index (χ0v) is 17.5. The van der Waals surface area contributed by atoms with E-state index in [1.54, 1.807) is 31.8 Å². The summed E-state index contributed by atoms with van der Waals surface area (Å²) >= 11 is 1.57. The molecule has 0 atom stereocenters. The largest absolute Gasteiger partial charge is 0.497 e. The van der Waals surface area contributed by atoms with Crippen molar-refractivity contribution < 1.29 is 9.47 Å². The second-order valence-corrected chi connectivity index (χ2v) is 7.41. The third kappa shape index (κ3) is 4.34. The van der Waals surface area contributed by atoms with Crippen molar-refractivity contribution in [2.45, 2.75) is 0 Å². The monoisotopic (exact) mass is 415 g/mol. The van der Waals surface area contributed by atoms with Gasteiger partial charge in [-0.25, -0.2) is 4.98 Å². The molecule has 0 unspecified atom stereocenters. The molecule has 0 saturated carbocycles. The van der Waals surface area contributed by atoms with E-state index in [0.29, 0.717) is 5.75 Å². The average Bonchev–Trinajstić information content (AvgIpc) is 3.24. The predicted molar refractivity (Wildman–Crippen MR) is 124 cm³/mol. The molecule has 3 aromatic carbocycles. The van der Waals surface area contributed by atoms with Gasteiger partial charge in [-0.2, -0.15) is 5.10 Å². The quantitative estimate of drug-likeness (QED) is 0.300. The Kier molecular flexibility index (Phi) is 6.06. The highest BCUT2D eigenvalue weighted by Crippen LogP contribution is 2.38. The van der Waals surface area contributed by atoms with Crippen LogP contribution in [0.5, 0.6) is 11.5 Å². The molecule has 1 aromatic heterocycles. The average molecular weight is 416 g/mol. The van der Waals surface area contributed by atoms with Gasteiger partial charge in [0.05, 0.1) is 31.0 Å². The number of methoxy groups -OCH3 is 2. The highest BCUT2D eigenvalue weighted by atomic mass is 32.1. The number of rotatable bonds is 7. The highest BCUT2D eigenvalue weighted by molar-refractivity contribution is 7.19. The number of hydrazone groups is 1. The third-order valence-corrected chi connectivity index (χ3v) is 5.52. The Hall–Kier alpha value is -3.64. The Morgan fingerprint density at radius 3 is 2.23 bits per heavy atom. The lowest BCUT2D eigenvalue weighted by atomic mass is 10.1. The number of nitrogens with zero attached hydrogens (tertiary/aromatic N) is 2. The third-order valence-electron chi connectivity index (χ3n) is 4.51. The van der Waals surface area contributed by atoms with Crippen LogP contribution in [0.25, 0.3) is 21.7 Å². The summed E-state index contributed by atoms with van der Waals surface area (Å²) in [4.78, 5) is 5.90. The maximum absolute atomic E-state index is 5.42. The summed E-state index contributed by atoms with van der Waals surface area (Å²) in [5.41, 5.74) is 7.04. The van der Waals surface area contributed by atoms with Crippen LogP contribution in [0.3, 0.4) is 0 Å². The van der Waals surface area contributed by atoms with Gasteiger partial charge in [-0.3, -0.25) is 5.43 Å². The molecule has 0 fully saturated rings. The van der Waals surface area contributed by atoms with Crippen molar-refractivity contribution in [3.8, 4) is 33.2 Å². The van der Waals surface area contributed by atoms with Gasteiger partial charge in [0.2, 0.25) is 5.13 Å². The molecule has 4 aromatic rings. The normalized spacial score (nSPS) is 10.9. The lowest BCUT2D eigenvalue weighted by Crippen LogP contribution is -1.95. The maximum Gasteiger partial charge on any atom is 0.204 e. The number of thiazole rings is 1. The Labute approximate surface area is 179 Å². The fraction of sp³-hybridized carbons (Fsp3) is 0.0833. The minimum absolute atomic E-state index is 0.689. The van der Waals surface area contributed by atoms with Crippen molar-refractivity contribution in [1.82, 2.24) is 4.98 Å². The number of benzene rings is 3. The number of nitrogens with one attached hydrogen (secondary N) is 1. The first-order valence-corrected chi connectivity index (χ1v) is 10.2. The molecule has 5 nitrogen and oxygen atoms in total. The van der Waals surface area contributed by atoms with Gasteiger partial charge in [0.1, 0.15) is 11.5 Å². The van der Waals surface area contributed by atoms with Crippen molar-refractivity contribution in [2.24, 2.45) is 5.10 Å². The smallest absolute Gasteiger partial charge is 0.204 e. The first-order chi connectivity index (χ1) is 14.8. The SMILES string of the molecule is COc1ccc(/C=N\Nc2nc(-c3ccccc3)c(-c3ccccc3)s2)c(OC)c1. The fourth-order valence-corrected chi connectivity index (χ4v) is 3.97. The van der Waals surface area contributed by atoms with E-state index >= 15 is 0 Å². The van der Waals surface area contributed by atoms with Crippen LogP contribution in [0.15, 0.2) is 84.0 Å². The minimum Gasteiger partial charge on any atom is -0.497 e. The van der Waals surface area contributed by atoms with E-state index in [-0.39, 0.29) is 0 Å². The molecule has 0 spiro atoms. The van der Waals surface area contributed by atoms with Crippen LogP contribution in [-0.2, 0) is 0 Å². The van der Waals surface area contributed by atoms with Crippen molar-refractivity contribution in [3.05, 3.63) is 84.4 Å². The molecule has 6 heteroatoms. The fourth-order valence-electron chi connectivity index (χ4n) is 3.03. The van der Waals surface area contributed by atoms with Gasteiger partial charge >= 0.3 is 0 Å². The van der Waals surface area contributed by atoms with Gasteiger partial charge in [0, 0.05) is 17.2 Å². The van der Waals surface area contributed by atoms with Crippen LogP contribution >= 0.6 is 11.3 Å². The van der Waals surface area contributed by atoms with Crippen molar-refractivity contribution in [3.63, 3.8) is 0 Å². The predicted octanol–water partition coefficient (Wildman–Crippen LogP) is 5.94. The molecule has 0 aliphatic heterocycles. The summed E-state index contributed by atoms with van der Waals surface area (Å²) in [7, 11) is 3.25. The van der Waals surface area contributed by atoms with Gasteiger partial charge in [-0.15, -0.1) is 0 Å². The molecule has 0 bridgehead atoms. The number of aromatic nitrogens is 1.